The number of aryl methyl sites for hydroxylation is 2. The Labute approximate surface area is 151 Å². The van der Waals surface area contributed by atoms with Crippen LogP contribution in [0.4, 0.5) is 11.5 Å². The standard InChI is InChI=1S/C18H23BrN4O/c1-11(2)7-8-20-17-10-16(21-13(4)22-17)18(24)23-15-6-5-12(3)9-14(15)19/h5-6,9-11H,7-8H2,1-4H3,(H,23,24)(H,20,21,22). The number of hydrogen-bond acceptors (Lipinski definition) is 4. The van der Waals surface area contributed by atoms with Gasteiger partial charge in [-0.25, -0.2) is 9.97 Å². The molecule has 0 aliphatic heterocycles. The second-order valence-corrected chi connectivity index (χ2v) is 7.09. The predicted octanol–water partition coefficient (Wildman–Crippen LogP) is 4.57. The normalized spacial score (nSPS) is 10.8. The molecule has 0 unspecified atom stereocenters. The molecule has 1 amide bonds. The molecule has 6 heteroatoms. The number of benzene rings is 1. The van der Waals surface area contributed by atoms with E-state index in [9.17, 15) is 4.79 Å². The molecule has 0 radical (unpaired) electrons. The average molecular weight is 391 g/mol. The molecule has 128 valence electrons. The van der Waals surface area contributed by atoms with E-state index in [-0.39, 0.29) is 5.91 Å². The summed E-state index contributed by atoms with van der Waals surface area (Å²) in [7, 11) is 0. The third-order valence-electron chi connectivity index (χ3n) is 3.47. The summed E-state index contributed by atoms with van der Waals surface area (Å²) in [4.78, 5) is 21.1. The molecule has 0 spiro atoms. The number of nitrogens with zero attached hydrogens (tertiary/aromatic N) is 2. The maximum absolute atomic E-state index is 12.5. The molecule has 0 aliphatic carbocycles. The van der Waals surface area contributed by atoms with Crippen LogP contribution in [0.3, 0.4) is 0 Å². The summed E-state index contributed by atoms with van der Waals surface area (Å²) < 4.78 is 0.844. The van der Waals surface area contributed by atoms with Gasteiger partial charge in [0.05, 0.1) is 5.69 Å². The molecule has 0 fully saturated rings. The maximum Gasteiger partial charge on any atom is 0.274 e. The van der Waals surface area contributed by atoms with Crippen LogP contribution in [0.25, 0.3) is 0 Å². The third kappa shape index (κ3) is 5.30. The van der Waals surface area contributed by atoms with Crippen LogP contribution in [0.1, 0.15) is 42.1 Å². The Morgan fingerprint density at radius 3 is 2.62 bits per heavy atom. The number of carbonyl (C=O) groups is 1. The molecule has 0 saturated heterocycles. The van der Waals surface area contributed by atoms with E-state index in [2.05, 4.69) is 50.4 Å². The van der Waals surface area contributed by atoms with Gasteiger partial charge in [-0.3, -0.25) is 4.79 Å². The number of rotatable bonds is 6. The van der Waals surface area contributed by atoms with Gasteiger partial charge in [0.2, 0.25) is 0 Å². The third-order valence-corrected chi connectivity index (χ3v) is 4.13. The highest BCUT2D eigenvalue weighted by Crippen LogP contribution is 2.24. The molecular formula is C18H23BrN4O. The molecular weight excluding hydrogens is 368 g/mol. The predicted molar refractivity (Wildman–Crippen MR) is 102 cm³/mol. The van der Waals surface area contributed by atoms with E-state index in [4.69, 9.17) is 0 Å². The summed E-state index contributed by atoms with van der Waals surface area (Å²) in [6, 6.07) is 7.46. The van der Waals surface area contributed by atoms with Gasteiger partial charge in [0.15, 0.2) is 0 Å². The summed E-state index contributed by atoms with van der Waals surface area (Å²) in [6.45, 7) is 8.95. The van der Waals surface area contributed by atoms with Gasteiger partial charge in [-0.2, -0.15) is 0 Å². The monoisotopic (exact) mass is 390 g/mol. The quantitative estimate of drug-likeness (QED) is 0.757. The van der Waals surface area contributed by atoms with Crippen LogP contribution >= 0.6 is 15.9 Å². The summed E-state index contributed by atoms with van der Waals surface area (Å²) in [6.07, 6.45) is 1.04. The first-order valence-corrected chi connectivity index (χ1v) is 8.81. The Bertz CT molecular complexity index is 731. The highest BCUT2D eigenvalue weighted by atomic mass is 79.9. The highest BCUT2D eigenvalue weighted by Gasteiger charge is 2.12. The van der Waals surface area contributed by atoms with Crippen molar-refractivity contribution >= 4 is 33.3 Å². The van der Waals surface area contributed by atoms with E-state index in [1.165, 1.54) is 0 Å². The van der Waals surface area contributed by atoms with Crippen molar-refractivity contribution in [3.8, 4) is 0 Å². The van der Waals surface area contributed by atoms with Crippen molar-refractivity contribution in [2.24, 2.45) is 5.92 Å². The van der Waals surface area contributed by atoms with Crippen molar-refractivity contribution < 1.29 is 4.79 Å². The van der Waals surface area contributed by atoms with E-state index in [0.717, 1.165) is 28.7 Å². The Kier molecular flexibility index (Phi) is 6.31. The lowest BCUT2D eigenvalue weighted by Crippen LogP contribution is -2.16. The van der Waals surface area contributed by atoms with Crippen LogP contribution < -0.4 is 10.6 Å². The zero-order valence-corrected chi connectivity index (χ0v) is 16.1. The second-order valence-electron chi connectivity index (χ2n) is 6.23. The number of halogens is 1. The lowest BCUT2D eigenvalue weighted by molar-refractivity contribution is 0.102. The van der Waals surface area contributed by atoms with Gasteiger partial charge in [-0.1, -0.05) is 19.9 Å². The van der Waals surface area contributed by atoms with E-state index in [1.807, 2.05) is 25.1 Å². The largest absolute Gasteiger partial charge is 0.370 e. The molecule has 1 aromatic heterocycles. The Hall–Kier alpha value is -1.95. The molecule has 0 atom stereocenters. The van der Waals surface area contributed by atoms with Crippen molar-refractivity contribution in [1.29, 1.82) is 0 Å². The fraction of sp³-hybridized carbons (Fsp3) is 0.389. The first-order valence-electron chi connectivity index (χ1n) is 8.02. The molecule has 1 heterocycles. The van der Waals surface area contributed by atoms with Crippen LogP contribution in [0.2, 0.25) is 0 Å². The molecule has 2 N–H and O–H groups in total. The summed E-state index contributed by atoms with van der Waals surface area (Å²) in [5.41, 5.74) is 2.19. The smallest absolute Gasteiger partial charge is 0.274 e. The molecule has 0 aliphatic rings. The molecule has 0 saturated carbocycles. The van der Waals surface area contributed by atoms with Crippen molar-refractivity contribution in [2.45, 2.75) is 34.1 Å². The van der Waals surface area contributed by atoms with Crippen LogP contribution in [0.5, 0.6) is 0 Å². The summed E-state index contributed by atoms with van der Waals surface area (Å²) in [5, 5.41) is 6.13. The maximum atomic E-state index is 12.5. The molecule has 0 bridgehead atoms. The minimum absolute atomic E-state index is 0.253. The van der Waals surface area contributed by atoms with Crippen molar-refractivity contribution in [1.82, 2.24) is 9.97 Å². The highest BCUT2D eigenvalue weighted by molar-refractivity contribution is 9.10. The Morgan fingerprint density at radius 2 is 1.96 bits per heavy atom. The molecule has 2 aromatic rings. The van der Waals surface area contributed by atoms with Gasteiger partial charge < -0.3 is 10.6 Å². The first-order chi connectivity index (χ1) is 11.3. The van der Waals surface area contributed by atoms with E-state index in [0.29, 0.717) is 23.3 Å². The van der Waals surface area contributed by atoms with E-state index >= 15 is 0 Å². The SMILES string of the molecule is Cc1ccc(NC(=O)c2cc(NCCC(C)C)nc(C)n2)c(Br)c1. The van der Waals surface area contributed by atoms with E-state index < -0.39 is 0 Å². The van der Waals surface area contributed by atoms with Crippen molar-refractivity contribution in [3.63, 3.8) is 0 Å². The topological polar surface area (TPSA) is 66.9 Å². The van der Waals surface area contributed by atoms with Crippen molar-refractivity contribution in [3.05, 3.63) is 45.8 Å². The number of anilines is 2. The molecule has 1 aromatic carbocycles. The molecule has 2 rings (SSSR count). The van der Waals surface area contributed by atoms with Crippen LogP contribution in [-0.2, 0) is 0 Å². The lowest BCUT2D eigenvalue weighted by atomic mass is 10.1. The van der Waals surface area contributed by atoms with Gasteiger partial charge in [-0.15, -0.1) is 0 Å². The van der Waals surface area contributed by atoms with Crippen LogP contribution in [0.15, 0.2) is 28.7 Å². The van der Waals surface area contributed by atoms with Crippen LogP contribution in [-0.4, -0.2) is 22.4 Å². The van der Waals surface area contributed by atoms with Gasteiger partial charge in [-0.05, 0) is 59.8 Å². The number of amides is 1. The van der Waals surface area contributed by atoms with E-state index in [1.54, 1.807) is 13.0 Å². The summed E-state index contributed by atoms with van der Waals surface area (Å²) >= 11 is 3.46. The summed E-state index contributed by atoms with van der Waals surface area (Å²) in [5.74, 6) is 1.60. The first kappa shape index (κ1) is 18.4. The number of aromatic nitrogens is 2. The Morgan fingerprint density at radius 1 is 1.21 bits per heavy atom. The number of nitrogens with one attached hydrogen (secondary N) is 2. The van der Waals surface area contributed by atoms with Gasteiger partial charge >= 0.3 is 0 Å². The fourth-order valence-electron chi connectivity index (χ4n) is 2.17. The molecule has 24 heavy (non-hydrogen) atoms. The fourth-order valence-corrected chi connectivity index (χ4v) is 2.76. The van der Waals surface area contributed by atoms with Gasteiger partial charge in [0.1, 0.15) is 17.3 Å². The average Bonchev–Trinajstić information content (AvgIpc) is 2.49. The van der Waals surface area contributed by atoms with Gasteiger partial charge in [0, 0.05) is 17.1 Å². The van der Waals surface area contributed by atoms with Crippen molar-refractivity contribution in [2.75, 3.05) is 17.2 Å². The minimum Gasteiger partial charge on any atom is -0.370 e. The second kappa shape index (κ2) is 8.24. The number of carbonyl (C=O) groups excluding carboxylic acids is 1. The lowest BCUT2D eigenvalue weighted by Gasteiger charge is -2.11. The zero-order valence-electron chi connectivity index (χ0n) is 14.5. The minimum atomic E-state index is -0.253. The Balaban J connectivity index is 2.12. The zero-order chi connectivity index (χ0) is 17.7. The number of hydrogen-bond donors (Lipinski definition) is 2. The van der Waals surface area contributed by atoms with Crippen LogP contribution in [0, 0.1) is 19.8 Å². The van der Waals surface area contributed by atoms with Gasteiger partial charge in [0.25, 0.3) is 5.91 Å². The molecule has 5 nitrogen and oxygen atoms in total.